The highest BCUT2D eigenvalue weighted by Crippen LogP contribution is 2.27. The number of rotatable bonds is 6. The van der Waals surface area contributed by atoms with Crippen molar-refractivity contribution in [2.45, 2.75) is 25.8 Å². The molecule has 1 amide bonds. The zero-order valence-electron chi connectivity index (χ0n) is 19.1. The molecule has 0 aliphatic carbocycles. The number of halogens is 5. The zero-order valence-corrected chi connectivity index (χ0v) is 20.7. The van der Waals surface area contributed by atoms with E-state index >= 15 is 0 Å². The highest BCUT2D eigenvalue weighted by molar-refractivity contribution is 6.30. The van der Waals surface area contributed by atoms with Crippen molar-refractivity contribution in [3.8, 4) is 11.4 Å². The predicted octanol–water partition coefficient (Wildman–Crippen LogP) is 4.74. The molecule has 12 heteroatoms. The van der Waals surface area contributed by atoms with E-state index in [0.717, 1.165) is 18.2 Å². The molecule has 36 heavy (non-hydrogen) atoms. The standard InChI is InChI=1S/C24H21ClF3N5O2.ClH/c1-11(2)20-14(23(34)30-19(9-29)12-4-6-16(26)18(28)7-12)10-33-21(20)24(35)31-22(32-33)13-3-5-15(25)17(27)8-13;/h3-8,10-11,19H,9,29H2,1-2H3,(H,30,34)(H,31,32,35);1H. The number of hydrogen-bond donors (Lipinski definition) is 3. The molecule has 2 aromatic carbocycles. The fourth-order valence-corrected chi connectivity index (χ4v) is 4.01. The first-order valence-corrected chi connectivity index (χ1v) is 11.0. The number of carbonyl (C=O) groups is 1. The minimum atomic E-state index is -1.06. The summed E-state index contributed by atoms with van der Waals surface area (Å²) in [5.74, 6) is -3.49. The number of aromatic nitrogens is 3. The molecule has 0 bridgehead atoms. The van der Waals surface area contributed by atoms with E-state index in [9.17, 15) is 22.8 Å². The third-order valence-electron chi connectivity index (χ3n) is 5.58. The maximum Gasteiger partial charge on any atom is 0.275 e. The Morgan fingerprint density at radius 2 is 1.86 bits per heavy atom. The van der Waals surface area contributed by atoms with Crippen LogP contribution in [0.2, 0.25) is 5.02 Å². The Labute approximate surface area is 214 Å². The summed E-state index contributed by atoms with van der Waals surface area (Å²) in [7, 11) is 0. The zero-order chi connectivity index (χ0) is 25.4. The second-order valence-electron chi connectivity index (χ2n) is 8.27. The van der Waals surface area contributed by atoms with Crippen molar-refractivity contribution >= 4 is 35.4 Å². The van der Waals surface area contributed by atoms with Crippen LogP contribution in [0.3, 0.4) is 0 Å². The summed E-state index contributed by atoms with van der Waals surface area (Å²) in [4.78, 5) is 28.8. The van der Waals surface area contributed by atoms with Gasteiger partial charge in [-0.15, -0.1) is 17.5 Å². The van der Waals surface area contributed by atoms with Gasteiger partial charge in [0.15, 0.2) is 17.5 Å². The molecule has 2 aromatic heterocycles. The van der Waals surface area contributed by atoms with E-state index in [2.05, 4.69) is 15.4 Å². The van der Waals surface area contributed by atoms with Gasteiger partial charge in [0.25, 0.3) is 11.5 Å². The highest BCUT2D eigenvalue weighted by Gasteiger charge is 2.25. The molecule has 2 heterocycles. The first-order chi connectivity index (χ1) is 16.6. The molecule has 4 aromatic rings. The normalized spacial score (nSPS) is 12.0. The van der Waals surface area contributed by atoms with E-state index in [1.165, 1.54) is 28.9 Å². The second kappa shape index (κ2) is 10.7. The maximum absolute atomic E-state index is 13.9. The Balaban J connectivity index is 0.00000361. The lowest BCUT2D eigenvalue weighted by Crippen LogP contribution is -2.33. The summed E-state index contributed by atoms with van der Waals surface area (Å²) in [5, 5.41) is 6.99. The maximum atomic E-state index is 13.9. The predicted molar refractivity (Wildman–Crippen MR) is 133 cm³/mol. The fourth-order valence-electron chi connectivity index (χ4n) is 3.89. The number of H-pyrrole nitrogens is 1. The smallest absolute Gasteiger partial charge is 0.275 e. The van der Waals surface area contributed by atoms with Crippen LogP contribution in [0.4, 0.5) is 13.2 Å². The Hall–Kier alpha value is -3.34. The minimum absolute atomic E-state index is 0. The van der Waals surface area contributed by atoms with Gasteiger partial charge in [-0.1, -0.05) is 31.5 Å². The lowest BCUT2D eigenvalue weighted by molar-refractivity contribution is 0.0936. The summed E-state index contributed by atoms with van der Waals surface area (Å²) < 4.78 is 42.2. The summed E-state index contributed by atoms with van der Waals surface area (Å²) in [6, 6.07) is 6.44. The average molecular weight is 540 g/mol. The van der Waals surface area contributed by atoms with Gasteiger partial charge in [-0.05, 0) is 41.8 Å². The monoisotopic (exact) mass is 539 g/mol. The number of carbonyl (C=O) groups excluding carboxylic acids is 1. The lowest BCUT2D eigenvalue weighted by Gasteiger charge is -2.18. The summed E-state index contributed by atoms with van der Waals surface area (Å²) in [5.41, 5.74) is 6.59. The lowest BCUT2D eigenvalue weighted by atomic mass is 9.99. The molecule has 0 saturated heterocycles. The number of benzene rings is 2. The van der Waals surface area contributed by atoms with Crippen molar-refractivity contribution in [1.82, 2.24) is 19.9 Å². The van der Waals surface area contributed by atoms with E-state index in [-0.39, 0.29) is 52.4 Å². The van der Waals surface area contributed by atoms with Crippen molar-refractivity contribution in [2.75, 3.05) is 6.54 Å². The molecule has 0 aliphatic heterocycles. The number of nitrogens with zero attached hydrogens (tertiary/aromatic N) is 2. The molecular formula is C24H22Cl2F3N5O2. The van der Waals surface area contributed by atoms with Crippen LogP contribution in [-0.4, -0.2) is 27.0 Å². The average Bonchev–Trinajstić information content (AvgIpc) is 3.21. The van der Waals surface area contributed by atoms with Gasteiger partial charge < -0.3 is 16.0 Å². The molecule has 1 unspecified atom stereocenters. The Kier molecular flexibility index (Phi) is 8.12. The van der Waals surface area contributed by atoms with Crippen molar-refractivity contribution in [2.24, 2.45) is 5.73 Å². The van der Waals surface area contributed by atoms with Crippen LogP contribution in [0, 0.1) is 17.5 Å². The van der Waals surface area contributed by atoms with E-state index in [4.69, 9.17) is 17.3 Å². The summed E-state index contributed by atoms with van der Waals surface area (Å²) >= 11 is 5.74. The van der Waals surface area contributed by atoms with Gasteiger partial charge in [0.2, 0.25) is 0 Å². The van der Waals surface area contributed by atoms with Crippen LogP contribution in [-0.2, 0) is 0 Å². The molecule has 4 rings (SSSR count). The van der Waals surface area contributed by atoms with Crippen LogP contribution in [0.1, 0.15) is 47.3 Å². The van der Waals surface area contributed by atoms with Crippen molar-refractivity contribution in [1.29, 1.82) is 0 Å². The number of amides is 1. The van der Waals surface area contributed by atoms with Gasteiger partial charge in [0.05, 0.1) is 16.6 Å². The van der Waals surface area contributed by atoms with Crippen molar-refractivity contribution in [3.05, 3.63) is 92.1 Å². The van der Waals surface area contributed by atoms with Crippen LogP contribution in [0.25, 0.3) is 16.9 Å². The van der Waals surface area contributed by atoms with E-state index < -0.39 is 35.0 Å². The Morgan fingerprint density at radius 1 is 1.14 bits per heavy atom. The quantitative estimate of drug-likeness (QED) is 0.329. The SMILES string of the molecule is CC(C)c1c(C(=O)NC(CN)c2ccc(F)c(F)c2)cn2nc(-c3ccc(Cl)c(F)c3)[nH]c(=O)c12.Cl. The van der Waals surface area contributed by atoms with Crippen LogP contribution in [0.15, 0.2) is 47.4 Å². The van der Waals surface area contributed by atoms with Gasteiger partial charge in [-0.3, -0.25) is 9.59 Å². The number of fused-ring (bicyclic) bond motifs is 1. The largest absolute Gasteiger partial charge is 0.344 e. The van der Waals surface area contributed by atoms with Crippen LogP contribution < -0.4 is 16.6 Å². The summed E-state index contributed by atoms with van der Waals surface area (Å²) in [6.07, 6.45) is 1.39. The van der Waals surface area contributed by atoms with E-state index in [0.29, 0.717) is 11.1 Å². The number of nitrogens with one attached hydrogen (secondary N) is 2. The molecule has 7 nitrogen and oxygen atoms in total. The topological polar surface area (TPSA) is 105 Å². The summed E-state index contributed by atoms with van der Waals surface area (Å²) in [6.45, 7) is 3.54. The second-order valence-corrected chi connectivity index (χ2v) is 8.68. The molecule has 190 valence electrons. The molecule has 0 aliphatic rings. The Bertz CT molecular complexity index is 1500. The van der Waals surface area contributed by atoms with Gasteiger partial charge in [-0.2, -0.15) is 0 Å². The molecule has 0 fully saturated rings. The number of hydrogen-bond acceptors (Lipinski definition) is 4. The van der Waals surface area contributed by atoms with Crippen LogP contribution >= 0.6 is 24.0 Å². The number of nitrogens with two attached hydrogens (primary N) is 1. The first-order valence-electron chi connectivity index (χ1n) is 10.7. The van der Waals surface area contributed by atoms with Gasteiger partial charge in [-0.25, -0.2) is 17.7 Å². The molecular weight excluding hydrogens is 518 g/mol. The van der Waals surface area contributed by atoms with Gasteiger partial charge in [0.1, 0.15) is 11.3 Å². The van der Waals surface area contributed by atoms with E-state index in [1.807, 2.05) is 13.8 Å². The fraction of sp³-hybridized carbons (Fsp3) is 0.208. The van der Waals surface area contributed by atoms with Crippen molar-refractivity contribution < 1.29 is 18.0 Å². The molecule has 0 spiro atoms. The molecule has 0 saturated carbocycles. The van der Waals surface area contributed by atoms with Crippen LogP contribution in [0.5, 0.6) is 0 Å². The third kappa shape index (κ3) is 5.11. The van der Waals surface area contributed by atoms with Crippen molar-refractivity contribution in [3.63, 3.8) is 0 Å². The number of aromatic amines is 1. The first kappa shape index (κ1) is 27.3. The molecule has 4 N–H and O–H groups in total. The van der Waals surface area contributed by atoms with Gasteiger partial charge >= 0.3 is 0 Å². The molecule has 1 atom stereocenters. The third-order valence-corrected chi connectivity index (χ3v) is 5.89. The minimum Gasteiger partial charge on any atom is -0.344 e. The van der Waals surface area contributed by atoms with Gasteiger partial charge in [0, 0.05) is 23.9 Å². The Morgan fingerprint density at radius 3 is 2.47 bits per heavy atom. The molecule has 0 radical (unpaired) electrons. The van der Waals surface area contributed by atoms with E-state index in [1.54, 1.807) is 0 Å². The highest BCUT2D eigenvalue weighted by atomic mass is 35.5.